The Morgan fingerprint density at radius 3 is 2.55 bits per heavy atom. The Morgan fingerprint density at radius 1 is 1.40 bits per heavy atom. The molecule has 1 amide bonds. The number of nitro benzene ring substituents is 1. The van der Waals surface area contributed by atoms with Crippen LogP contribution in [-0.2, 0) is 11.3 Å². The lowest BCUT2D eigenvalue weighted by atomic mass is 10.0. The predicted octanol–water partition coefficient (Wildman–Crippen LogP) is 1.94. The molecule has 0 heterocycles. The van der Waals surface area contributed by atoms with E-state index in [1.165, 1.54) is 11.0 Å². The smallest absolute Gasteiger partial charge is 0.274 e. The summed E-state index contributed by atoms with van der Waals surface area (Å²) in [6.07, 6.45) is 0. The molecule has 0 atom stereocenters. The van der Waals surface area contributed by atoms with Gasteiger partial charge in [0.25, 0.3) is 5.69 Å². The van der Waals surface area contributed by atoms with Crippen LogP contribution in [0.2, 0.25) is 0 Å². The van der Waals surface area contributed by atoms with E-state index in [0.29, 0.717) is 12.1 Å². The van der Waals surface area contributed by atoms with Crippen LogP contribution in [0.1, 0.15) is 26.3 Å². The van der Waals surface area contributed by atoms with E-state index in [-0.39, 0.29) is 18.1 Å². The second-order valence-electron chi connectivity index (χ2n) is 5.20. The molecule has 0 aromatic heterocycles. The molecule has 20 heavy (non-hydrogen) atoms. The minimum Gasteiger partial charge on any atom is -0.340 e. The SMILES string of the molecule is CCNC(C)(C)C(=O)N(C)Cc1ccccc1[N+](=O)[O-]. The van der Waals surface area contributed by atoms with E-state index in [1.54, 1.807) is 39.1 Å². The van der Waals surface area contributed by atoms with Gasteiger partial charge in [0.1, 0.15) is 0 Å². The van der Waals surface area contributed by atoms with E-state index < -0.39 is 10.5 Å². The van der Waals surface area contributed by atoms with Gasteiger partial charge in [-0.2, -0.15) is 0 Å². The minimum atomic E-state index is -0.687. The van der Waals surface area contributed by atoms with Crippen molar-refractivity contribution in [3.05, 3.63) is 39.9 Å². The van der Waals surface area contributed by atoms with Crippen molar-refractivity contribution in [3.63, 3.8) is 0 Å². The van der Waals surface area contributed by atoms with Gasteiger partial charge in [0.05, 0.1) is 17.0 Å². The molecule has 0 fully saturated rings. The maximum Gasteiger partial charge on any atom is 0.274 e. The highest BCUT2D eigenvalue weighted by Gasteiger charge is 2.30. The first kappa shape index (κ1) is 16.1. The summed E-state index contributed by atoms with van der Waals surface area (Å²) < 4.78 is 0. The van der Waals surface area contributed by atoms with Crippen LogP contribution in [-0.4, -0.2) is 34.9 Å². The molecule has 0 aliphatic heterocycles. The van der Waals surface area contributed by atoms with Gasteiger partial charge in [-0.1, -0.05) is 25.1 Å². The summed E-state index contributed by atoms with van der Waals surface area (Å²) in [5, 5.41) is 14.1. The van der Waals surface area contributed by atoms with E-state index in [2.05, 4.69) is 5.32 Å². The lowest BCUT2D eigenvalue weighted by molar-refractivity contribution is -0.385. The standard InChI is InChI=1S/C14H21N3O3/c1-5-15-14(2,3)13(18)16(4)10-11-8-6-7-9-12(11)17(19)20/h6-9,15H,5,10H2,1-4H3. The molecule has 110 valence electrons. The number of hydrogen-bond donors (Lipinski definition) is 1. The summed E-state index contributed by atoms with van der Waals surface area (Å²) in [5.41, 5.74) is -0.124. The Hall–Kier alpha value is -1.95. The Balaban J connectivity index is 2.89. The Labute approximate surface area is 118 Å². The molecule has 0 radical (unpaired) electrons. The summed E-state index contributed by atoms with van der Waals surface area (Å²) in [6, 6.07) is 6.47. The number of amides is 1. The first-order valence-corrected chi connectivity index (χ1v) is 6.52. The lowest BCUT2D eigenvalue weighted by Gasteiger charge is -2.30. The van der Waals surface area contributed by atoms with Crippen LogP contribution in [0.5, 0.6) is 0 Å². The minimum absolute atomic E-state index is 0.0356. The topological polar surface area (TPSA) is 75.5 Å². The summed E-state index contributed by atoms with van der Waals surface area (Å²) >= 11 is 0. The van der Waals surface area contributed by atoms with Crippen molar-refractivity contribution in [2.24, 2.45) is 0 Å². The van der Waals surface area contributed by atoms with Crippen molar-refractivity contribution in [1.29, 1.82) is 0 Å². The Bertz CT molecular complexity index is 500. The number of likely N-dealkylation sites (N-methyl/N-ethyl adjacent to an activating group) is 2. The fraction of sp³-hybridized carbons (Fsp3) is 0.500. The van der Waals surface area contributed by atoms with E-state index in [4.69, 9.17) is 0 Å². The number of nitrogens with zero attached hydrogens (tertiary/aromatic N) is 2. The highest BCUT2D eigenvalue weighted by molar-refractivity contribution is 5.85. The number of nitrogens with one attached hydrogen (secondary N) is 1. The van der Waals surface area contributed by atoms with Gasteiger partial charge in [-0.3, -0.25) is 14.9 Å². The van der Waals surface area contributed by atoms with E-state index in [9.17, 15) is 14.9 Å². The quantitative estimate of drug-likeness (QED) is 0.638. The van der Waals surface area contributed by atoms with Crippen molar-refractivity contribution < 1.29 is 9.72 Å². The summed E-state index contributed by atoms with van der Waals surface area (Å²) in [4.78, 5) is 24.4. The Morgan fingerprint density at radius 2 is 2.00 bits per heavy atom. The van der Waals surface area contributed by atoms with E-state index in [0.717, 1.165) is 0 Å². The number of para-hydroxylation sites is 1. The van der Waals surface area contributed by atoms with Crippen molar-refractivity contribution in [3.8, 4) is 0 Å². The monoisotopic (exact) mass is 279 g/mol. The second kappa shape index (κ2) is 6.47. The maximum atomic E-state index is 12.3. The van der Waals surface area contributed by atoms with Crippen LogP contribution in [0.25, 0.3) is 0 Å². The molecule has 1 rings (SSSR count). The van der Waals surface area contributed by atoms with Gasteiger partial charge in [-0.05, 0) is 20.4 Å². The van der Waals surface area contributed by atoms with E-state index >= 15 is 0 Å². The molecule has 6 nitrogen and oxygen atoms in total. The molecule has 0 unspecified atom stereocenters. The number of hydrogen-bond acceptors (Lipinski definition) is 4. The van der Waals surface area contributed by atoms with Crippen LogP contribution in [0, 0.1) is 10.1 Å². The van der Waals surface area contributed by atoms with Crippen molar-refractivity contribution in [2.45, 2.75) is 32.9 Å². The molecule has 0 saturated carbocycles. The molecule has 0 spiro atoms. The fourth-order valence-corrected chi connectivity index (χ4v) is 2.14. The lowest BCUT2D eigenvalue weighted by Crippen LogP contribution is -2.52. The zero-order valence-electron chi connectivity index (χ0n) is 12.3. The molecule has 6 heteroatoms. The zero-order valence-corrected chi connectivity index (χ0v) is 12.3. The van der Waals surface area contributed by atoms with Crippen LogP contribution in [0.3, 0.4) is 0 Å². The summed E-state index contributed by atoms with van der Waals surface area (Å²) in [6.45, 7) is 6.42. The van der Waals surface area contributed by atoms with Crippen LogP contribution < -0.4 is 5.32 Å². The maximum absolute atomic E-state index is 12.3. The number of carbonyl (C=O) groups excluding carboxylic acids is 1. The summed E-state index contributed by atoms with van der Waals surface area (Å²) in [5.74, 6) is -0.0995. The first-order valence-electron chi connectivity index (χ1n) is 6.52. The van der Waals surface area contributed by atoms with Gasteiger partial charge in [-0.15, -0.1) is 0 Å². The van der Waals surface area contributed by atoms with Gasteiger partial charge in [0, 0.05) is 18.7 Å². The van der Waals surface area contributed by atoms with Crippen molar-refractivity contribution in [1.82, 2.24) is 10.2 Å². The largest absolute Gasteiger partial charge is 0.340 e. The average Bonchev–Trinajstić information content (AvgIpc) is 2.38. The van der Waals surface area contributed by atoms with Crippen LogP contribution in [0.4, 0.5) is 5.69 Å². The average molecular weight is 279 g/mol. The third-order valence-corrected chi connectivity index (χ3v) is 3.10. The molecule has 0 aliphatic carbocycles. The Kier molecular flexibility index (Phi) is 5.21. The number of rotatable bonds is 6. The molecule has 0 saturated heterocycles. The van der Waals surface area contributed by atoms with Gasteiger partial charge in [0.2, 0.25) is 5.91 Å². The van der Waals surface area contributed by atoms with Crippen LogP contribution in [0.15, 0.2) is 24.3 Å². The molecule has 0 bridgehead atoms. The number of nitro groups is 1. The normalized spacial score (nSPS) is 11.2. The third kappa shape index (κ3) is 3.77. The highest BCUT2D eigenvalue weighted by atomic mass is 16.6. The van der Waals surface area contributed by atoms with Gasteiger partial charge >= 0.3 is 0 Å². The van der Waals surface area contributed by atoms with Gasteiger partial charge in [-0.25, -0.2) is 0 Å². The first-order chi connectivity index (χ1) is 9.29. The molecule has 0 aliphatic rings. The predicted molar refractivity (Wildman–Crippen MR) is 77.3 cm³/mol. The van der Waals surface area contributed by atoms with Crippen molar-refractivity contribution >= 4 is 11.6 Å². The van der Waals surface area contributed by atoms with Crippen LogP contribution >= 0.6 is 0 Å². The van der Waals surface area contributed by atoms with Gasteiger partial charge < -0.3 is 10.2 Å². The van der Waals surface area contributed by atoms with E-state index in [1.807, 2.05) is 6.92 Å². The molecular weight excluding hydrogens is 258 g/mol. The highest BCUT2D eigenvalue weighted by Crippen LogP contribution is 2.20. The molecule has 1 aromatic carbocycles. The summed E-state index contributed by atoms with van der Waals surface area (Å²) in [7, 11) is 1.65. The van der Waals surface area contributed by atoms with Gasteiger partial charge in [0.15, 0.2) is 0 Å². The third-order valence-electron chi connectivity index (χ3n) is 3.10. The number of carbonyl (C=O) groups is 1. The molecule has 1 N–H and O–H groups in total. The zero-order chi connectivity index (χ0) is 15.3. The van der Waals surface area contributed by atoms with Crippen molar-refractivity contribution in [2.75, 3.05) is 13.6 Å². The second-order valence-corrected chi connectivity index (χ2v) is 5.20. The number of benzene rings is 1. The fourth-order valence-electron chi connectivity index (χ4n) is 2.14. The molecule has 1 aromatic rings. The molecular formula is C14H21N3O3.